The first-order valence-corrected chi connectivity index (χ1v) is 37.1. The SMILES string of the molecule is CC(=O)O[C@@H]1[C@@H](OC(C)=O)[C@H](C)O[C@@H](O[C@@H]2[C@@H](OC(=O)c3ccccc3)[C@H](O[C@@H]3O[C@H](CO[Si](c4ccccc4)(c4ccccc4)C(C)(C)C)[C@@H](O)[C@H](OC(=O)c4ccccc4)[C@H]3OC(=O)c3ccccc3)[C@@H](CO[Si](c3ccccc3)(c3ccccc3)C(C)(C)C)O[C@H]2O)[C@@H]1OC(C)=O. The third-order valence-electron chi connectivity index (χ3n) is 18.0. The lowest BCUT2D eigenvalue weighted by molar-refractivity contribution is -0.379. The molecule has 21 nitrogen and oxygen atoms in total. The summed E-state index contributed by atoms with van der Waals surface area (Å²) in [6.07, 6.45) is -26.6. The average molecular weight is 1400 g/mol. The lowest BCUT2D eigenvalue weighted by atomic mass is 9.95. The van der Waals surface area contributed by atoms with E-state index in [-0.39, 0.29) is 16.7 Å². The monoisotopic (exact) mass is 1400 g/mol. The molecule has 3 aliphatic heterocycles. The van der Waals surface area contributed by atoms with Crippen molar-refractivity contribution in [3.63, 3.8) is 0 Å². The van der Waals surface area contributed by atoms with Crippen LogP contribution in [0.1, 0.15) is 100 Å². The summed E-state index contributed by atoms with van der Waals surface area (Å²) in [6.45, 7) is 16.2. The Bertz CT molecular complexity index is 3770. The Morgan fingerprint density at radius 2 is 0.660 bits per heavy atom. The van der Waals surface area contributed by atoms with E-state index in [0.29, 0.717) is 0 Å². The van der Waals surface area contributed by atoms with Gasteiger partial charge in [0.1, 0.15) is 24.4 Å². The fourth-order valence-electron chi connectivity index (χ4n) is 13.5. The second kappa shape index (κ2) is 32.4. The van der Waals surface area contributed by atoms with Crippen LogP contribution in [0.2, 0.25) is 10.1 Å². The molecule has 0 aromatic heterocycles. The van der Waals surface area contributed by atoms with Crippen LogP contribution in [-0.4, -0.2) is 168 Å². The number of carbonyl (C=O) groups excluding carboxylic acids is 6. The quantitative estimate of drug-likeness (QED) is 0.0350. The van der Waals surface area contributed by atoms with Crippen LogP contribution >= 0.6 is 0 Å². The van der Waals surface area contributed by atoms with Crippen molar-refractivity contribution in [1.82, 2.24) is 0 Å². The number of hydrogen-bond donors (Lipinski definition) is 2. The predicted molar refractivity (Wildman–Crippen MR) is 370 cm³/mol. The number of hydrogen-bond acceptors (Lipinski definition) is 21. The van der Waals surface area contributed by atoms with Crippen molar-refractivity contribution >= 4 is 73.2 Å². The highest BCUT2D eigenvalue weighted by Crippen LogP contribution is 2.42. The van der Waals surface area contributed by atoms with E-state index < -0.39 is 168 Å². The number of aliphatic hydroxyl groups is 2. The minimum atomic E-state index is -3.63. The van der Waals surface area contributed by atoms with Gasteiger partial charge in [-0.2, -0.15) is 0 Å². The van der Waals surface area contributed by atoms with Gasteiger partial charge in [-0.15, -0.1) is 0 Å². The van der Waals surface area contributed by atoms with E-state index in [1.54, 1.807) is 54.6 Å². The molecule has 0 aliphatic carbocycles. The Labute approximate surface area is 584 Å². The maximum absolute atomic E-state index is 15.2. The average Bonchev–Trinajstić information content (AvgIpc) is 0.737. The molecule has 23 heteroatoms. The Morgan fingerprint density at radius 1 is 0.360 bits per heavy atom. The van der Waals surface area contributed by atoms with E-state index in [9.17, 15) is 34.2 Å². The van der Waals surface area contributed by atoms with Crippen molar-refractivity contribution in [2.75, 3.05) is 13.2 Å². The molecule has 3 heterocycles. The third-order valence-corrected chi connectivity index (χ3v) is 28.0. The maximum atomic E-state index is 15.2. The van der Waals surface area contributed by atoms with E-state index in [2.05, 4.69) is 41.5 Å². The summed E-state index contributed by atoms with van der Waals surface area (Å²) in [7, 11) is -7.16. The van der Waals surface area contributed by atoms with Gasteiger partial charge in [-0.3, -0.25) is 14.4 Å². The van der Waals surface area contributed by atoms with Gasteiger partial charge in [0.15, 0.2) is 61.6 Å². The van der Waals surface area contributed by atoms with Crippen molar-refractivity contribution in [2.45, 2.75) is 171 Å². The normalized spacial score (nSPS) is 25.7. The van der Waals surface area contributed by atoms with Crippen LogP contribution in [0.4, 0.5) is 0 Å². The fourth-order valence-corrected chi connectivity index (χ4v) is 22.6. The molecule has 100 heavy (non-hydrogen) atoms. The predicted octanol–water partition coefficient (Wildman–Crippen LogP) is 7.93. The molecule has 0 bridgehead atoms. The largest absolute Gasteiger partial charge is 0.456 e. The van der Waals surface area contributed by atoms with Gasteiger partial charge in [-0.05, 0) is 74.1 Å². The van der Waals surface area contributed by atoms with Crippen LogP contribution in [0, 0.1) is 0 Å². The van der Waals surface area contributed by atoms with Crippen molar-refractivity contribution in [3.8, 4) is 0 Å². The summed E-state index contributed by atoms with van der Waals surface area (Å²) in [5, 5.41) is 28.3. The molecule has 0 radical (unpaired) electrons. The van der Waals surface area contributed by atoms with Gasteiger partial charge in [-0.25, -0.2) is 14.4 Å². The zero-order valence-electron chi connectivity index (χ0n) is 57.4. The first-order chi connectivity index (χ1) is 47.8. The summed E-state index contributed by atoms with van der Waals surface area (Å²) in [5.41, 5.74) is 0.119. The molecule has 2 N–H and O–H groups in total. The van der Waals surface area contributed by atoms with E-state index in [0.717, 1.165) is 41.5 Å². The highest BCUT2D eigenvalue weighted by molar-refractivity contribution is 7.00. The number of aliphatic hydroxyl groups excluding tert-OH is 2. The van der Waals surface area contributed by atoms with Crippen molar-refractivity contribution < 1.29 is 99.9 Å². The summed E-state index contributed by atoms with van der Waals surface area (Å²) in [6, 6.07) is 62.5. The summed E-state index contributed by atoms with van der Waals surface area (Å²) < 4.78 is 86.4. The molecule has 528 valence electrons. The molecule has 0 unspecified atom stereocenters. The third kappa shape index (κ3) is 16.6. The Hall–Kier alpha value is -8.57. The molecule has 3 saturated heterocycles. The van der Waals surface area contributed by atoms with Crippen molar-refractivity contribution in [3.05, 3.63) is 229 Å². The number of rotatable bonds is 23. The van der Waals surface area contributed by atoms with Crippen LogP contribution < -0.4 is 20.7 Å². The Balaban J connectivity index is 1.18. The molecule has 0 spiro atoms. The molecule has 7 aromatic carbocycles. The van der Waals surface area contributed by atoms with E-state index >= 15 is 4.79 Å². The van der Waals surface area contributed by atoms with E-state index in [1.807, 2.05) is 121 Å². The summed E-state index contributed by atoms with van der Waals surface area (Å²) in [4.78, 5) is 83.8. The highest BCUT2D eigenvalue weighted by Gasteiger charge is 2.61. The standard InChI is InChI=1S/C77H86O21Si2/c1-48-62(89-49(2)78)65(90-50(3)79)69(91-51(4)80)74(88-48)98-67-66(95-71(83)53-34-20-12-21-35-53)63(60(92-73(67)85)47-87-100(77(8,9)10,57-42-28-16-29-43-57)58-44-30-17-31-45-58)97-75-68(96-72(84)54-36-22-13-23-37-54)64(94-70(82)52-32-18-11-19-33-52)61(81)59(93-75)46-86-99(76(5,6)7,55-38-24-14-25-39-55)56-40-26-15-27-41-56/h11-45,48,59-69,73-75,81,85H,46-47H2,1-10H3/t48-,59+,60+,61+,62-,63+,64-,65+,66-,67+,68+,69+,73+,74-,75-/m0/s1. The zero-order valence-corrected chi connectivity index (χ0v) is 59.4. The Morgan fingerprint density at radius 3 is 1.04 bits per heavy atom. The van der Waals surface area contributed by atoms with E-state index in [1.165, 1.54) is 43.3 Å². The van der Waals surface area contributed by atoms with Crippen LogP contribution in [-0.2, 0) is 75.3 Å². The van der Waals surface area contributed by atoms with Crippen LogP contribution in [0.5, 0.6) is 0 Å². The van der Waals surface area contributed by atoms with Crippen molar-refractivity contribution in [2.24, 2.45) is 0 Å². The Kier molecular flexibility index (Phi) is 24.0. The molecule has 3 aliphatic rings. The molecular formula is C77H86O21Si2. The summed E-state index contributed by atoms with van der Waals surface area (Å²) in [5.74, 6) is -5.49. The number of ether oxygens (including phenoxy) is 11. The van der Waals surface area contributed by atoms with Crippen LogP contribution in [0.25, 0.3) is 0 Å². The maximum Gasteiger partial charge on any atom is 0.338 e. The van der Waals surface area contributed by atoms with Gasteiger partial charge in [0.2, 0.25) is 0 Å². The number of esters is 6. The fraction of sp³-hybridized carbons (Fsp3) is 0.377. The molecular weight excluding hydrogens is 1320 g/mol. The van der Waals surface area contributed by atoms with Crippen LogP contribution in [0.3, 0.4) is 0 Å². The molecule has 0 saturated carbocycles. The minimum Gasteiger partial charge on any atom is -0.456 e. The molecule has 0 amide bonds. The van der Waals surface area contributed by atoms with E-state index in [4.69, 9.17) is 61.0 Å². The lowest BCUT2D eigenvalue weighted by Gasteiger charge is -2.51. The highest BCUT2D eigenvalue weighted by atomic mass is 28.4. The second-order valence-corrected chi connectivity index (χ2v) is 35.5. The molecule has 10 rings (SSSR count). The first-order valence-electron chi connectivity index (χ1n) is 33.2. The van der Waals surface area contributed by atoms with Gasteiger partial charge < -0.3 is 71.2 Å². The number of benzene rings is 7. The molecule has 15 atom stereocenters. The summed E-state index contributed by atoms with van der Waals surface area (Å²) >= 11 is 0. The van der Waals surface area contributed by atoms with Gasteiger partial charge in [-0.1, -0.05) is 217 Å². The van der Waals surface area contributed by atoms with Gasteiger partial charge in [0, 0.05) is 20.8 Å². The second-order valence-electron chi connectivity index (χ2n) is 26.9. The zero-order chi connectivity index (χ0) is 71.5. The van der Waals surface area contributed by atoms with Crippen LogP contribution in [0.15, 0.2) is 212 Å². The van der Waals surface area contributed by atoms with Gasteiger partial charge in [0.05, 0.1) is 36.0 Å². The minimum absolute atomic E-state index is 0.0145. The van der Waals surface area contributed by atoms with Crippen molar-refractivity contribution in [1.29, 1.82) is 0 Å². The van der Waals surface area contributed by atoms with Gasteiger partial charge >= 0.3 is 35.8 Å². The number of carbonyl (C=O) groups is 6. The topological polar surface area (TPSA) is 263 Å². The smallest absolute Gasteiger partial charge is 0.338 e. The molecule has 3 fully saturated rings. The first kappa shape index (κ1) is 74.1. The lowest BCUT2D eigenvalue weighted by Crippen LogP contribution is -2.70. The van der Waals surface area contributed by atoms with Gasteiger partial charge in [0.25, 0.3) is 16.6 Å². The molecule has 7 aromatic rings.